The van der Waals surface area contributed by atoms with E-state index in [9.17, 15) is 0 Å². The lowest BCUT2D eigenvalue weighted by Crippen LogP contribution is -2.40. The van der Waals surface area contributed by atoms with Crippen LogP contribution >= 0.6 is 0 Å². The fourth-order valence-corrected chi connectivity index (χ4v) is 3.56. The monoisotopic (exact) mass is 332 g/mol. The quantitative estimate of drug-likeness (QED) is 0.554. The van der Waals surface area contributed by atoms with Crippen molar-refractivity contribution in [2.45, 2.75) is 25.8 Å². The van der Waals surface area contributed by atoms with Gasteiger partial charge in [-0.25, -0.2) is 0 Å². The van der Waals surface area contributed by atoms with Crippen LogP contribution in [0, 0.1) is 11.3 Å². The highest BCUT2D eigenvalue weighted by Gasteiger charge is 2.20. The number of hydrogen-bond donors (Lipinski definition) is 3. The van der Waals surface area contributed by atoms with E-state index in [0.717, 1.165) is 57.8 Å². The number of hydrogen-bond acceptors (Lipinski definition) is 4. The second-order valence-corrected chi connectivity index (χ2v) is 6.81. The van der Waals surface area contributed by atoms with Gasteiger partial charge in [0, 0.05) is 19.6 Å². The Morgan fingerprint density at radius 3 is 2.75 bits per heavy atom. The highest BCUT2D eigenvalue weighted by atomic mass is 16.5. The number of fused-ring (bicyclic) bond motifs is 1. The Balaban J connectivity index is 1.52. The van der Waals surface area contributed by atoms with Crippen LogP contribution in [0.2, 0.25) is 0 Å². The lowest BCUT2D eigenvalue weighted by Gasteiger charge is -2.31. The average molecular weight is 332 g/mol. The fraction of sp³-hybridized carbons (Fsp3) is 0.611. The molecule has 2 heterocycles. The molecular weight excluding hydrogens is 304 g/mol. The number of aliphatic hydroxyl groups excluding tert-OH is 1. The Hall–Kier alpha value is -1.79. The highest BCUT2D eigenvalue weighted by molar-refractivity contribution is 5.75. The second kappa shape index (κ2) is 7.85. The fourth-order valence-electron chi connectivity index (χ4n) is 3.56. The molecule has 1 aromatic carbocycles. The molecule has 6 nitrogen and oxygen atoms in total. The summed E-state index contributed by atoms with van der Waals surface area (Å²) in [6.07, 6.45) is 3.19. The number of nitrogens with zero attached hydrogens (tertiary/aromatic N) is 2. The van der Waals surface area contributed by atoms with Crippen LogP contribution in [0.25, 0.3) is 0 Å². The van der Waals surface area contributed by atoms with Crippen LogP contribution in [0.3, 0.4) is 0 Å². The number of β-amino-alcohol motifs (C(OH)–C–C–N with tert-alkyl or cyclic N) is 1. The summed E-state index contributed by atoms with van der Waals surface area (Å²) in [7, 11) is 0. The minimum absolute atomic E-state index is 0.140. The predicted octanol–water partition coefficient (Wildman–Crippen LogP) is 1.02. The number of nitrogens with one attached hydrogen (secondary N) is 1. The van der Waals surface area contributed by atoms with Gasteiger partial charge in [-0.3, -0.25) is 5.41 Å². The van der Waals surface area contributed by atoms with Gasteiger partial charge in [0.2, 0.25) is 0 Å². The van der Waals surface area contributed by atoms with Crippen molar-refractivity contribution >= 4 is 5.96 Å². The van der Waals surface area contributed by atoms with Crippen molar-refractivity contribution in [1.82, 2.24) is 9.80 Å². The van der Waals surface area contributed by atoms with Crippen LogP contribution < -0.4 is 10.5 Å². The van der Waals surface area contributed by atoms with E-state index in [1.165, 1.54) is 11.1 Å². The highest BCUT2D eigenvalue weighted by Crippen LogP contribution is 2.25. The van der Waals surface area contributed by atoms with Crippen molar-refractivity contribution in [1.29, 1.82) is 5.41 Å². The van der Waals surface area contributed by atoms with Crippen LogP contribution in [-0.2, 0) is 13.0 Å². The molecule has 0 aromatic heterocycles. The van der Waals surface area contributed by atoms with Crippen molar-refractivity contribution in [2.24, 2.45) is 11.7 Å². The van der Waals surface area contributed by atoms with Crippen molar-refractivity contribution in [3.63, 3.8) is 0 Å². The number of benzene rings is 1. The lowest BCUT2D eigenvalue weighted by molar-refractivity contribution is 0.122. The largest absolute Gasteiger partial charge is 0.493 e. The number of likely N-dealkylation sites (tertiary alicyclic amines) is 1. The van der Waals surface area contributed by atoms with Gasteiger partial charge < -0.3 is 25.4 Å². The molecule has 1 aromatic rings. The first-order valence-corrected chi connectivity index (χ1v) is 8.82. The SMILES string of the molecule is N=C(N)N1CCc2ccc(OCC3CCN(CCO)CC3)cc2C1. The van der Waals surface area contributed by atoms with Crippen LogP contribution in [0.5, 0.6) is 5.75 Å². The molecule has 4 N–H and O–H groups in total. The average Bonchev–Trinajstić information content (AvgIpc) is 2.60. The zero-order valence-corrected chi connectivity index (χ0v) is 14.2. The number of nitrogens with two attached hydrogens (primary N) is 1. The van der Waals surface area contributed by atoms with Gasteiger partial charge in [0.15, 0.2) is 5.96 Å². The Labute approximate surface area is 143 Å². The van der Waals surface area contributed by atoms with Gasteiger partial charge in [0.05, 0.1) is 13.2 Å². The van der Waals surface area contributed by atoms with E-state index in [0.29, 0.717) is 12.5 Å². The first-order valence-electron chi connectivity index (χ1n) is 8.82. The number of rotatable bonds is 5. The number of aliphatic hydroxyl groups is 1. The molecule has 24 heavy (non-hydrogen) atoms. The van der Waals surface area contributed by atoms with Gasteiger partial charge in [-0.05, 0) is 61.5 Å². The maximum absolute atomic E-state index is 9.00. The minimum atomic E-state index is 0.140. The zero-order valence-electron chi connectivity index (χ0n) is 14.2. The first-order chi connectivity index (χ1) is 11.7. The van der Waals surface area contributed by atoms with E-state index in [4.69, 9.17) is 21.0 Å². The molecule has 0 aliphatic carbocycles. The van der Waals surface area contributed by atoms with Gasteiger partial charge in [0.25, 0.3) is 0 Å². The minimum Gasteiger partial charge on any atom is -0.493 e. The summed E-state index contributed by atoms with van der Waals surface area (Å²) in [5.41, 5.74) is 8.15. The Bertz CT molecular complexity index is 570. The summed E-state index contributed by atoms with van der Waals surface area (Å²) in [6, 6.07) is 6.31. The van der Waals surface area contributed by atoms with Crippen molar-refractivity contribution in [3.8, 4) is 5.75 Å². The van der Waals surface area contributed by atoms with E-state index in [1.54, 1.807) is 0 Å². The molecule has 0 radical (unpaired) electrons. The molecule has 1 saturated heterocycles. The van der Waals surface area contributed by atoms with Crippen LogP contribution in [0.4, 0.5) is 0 Å². The third kappa shape index (κ3) is 4.19. The molecule has 0 bridgehead atoms. The normalized spacial score (nSPS) is 19.1. The Morgan fingerprint density at radius 2 is 2.04 bits per heavy atom. The Morgan fingerprint density at radius 1 is 1.25 bits per heavy atom. The van der Waals surface area contributed by atoms with Crippen molar-refractivity contribution in [2.75, 3.05) is 39.4 Å². The maximum atomic E-state index is 9.00. The molecule has 132 valence electrons. The number of piperidine rings is 1. The molecule has 0 spiro atoms. The summed E-state index contributed by atoms with van der Waals surface area (Å²) in [6.45, 7) is 5.38. The van der Waals surface area contributed by atoms with Gasteiger partial charge in [-0.15, -0.1) is 0 Å². The third-order valence-electron chi connectivity index (χ3n) is 5.14. The molecule has 0 unspecified atom stereocenters. The molecule has 0 atom stereocenters. The maximum Gasteiger partial charge on any atom is 0.188 e. The molecule has 1 fully saturated rings. The molecule has 2 aliphatic heterocycles. The molecular formula is C18H28N4O2. The van der Waals surface area contributed by atoms with E-state index >= 15 is 0 Å². The first kappa shape index (κ1) is 17.0. The smallest absolute Gasteiger partial charge is 0.188 e. The summed E-state index contributed by atoms with van der Waals surface area (Å²) in [4.78, 5) is 4.20. The summed E-state index contributed by atoms with van der Waals surface area (Å²) in [5.74, 6) is 1.64. The van der Waals surface area contributed by atoms with E-state index in [-0.39, 0.29) is 12.6 Å². The van der Waals surface area contributed by atoms with Gasteiger partial charge in [-0.1, -0.05) is 6.07 Å². The number of ether oxygens (including phenoxy) is 1. The predicted molar refractivity (Wildman–Crippen MR) is 94.2 cm³/mol. The lowest BCUT2D eigenvalue weighted by atomic mass is 9.97. The molecule has 6 heteroatoms. The molecule has 0 amide bonds. The van der Waals surface area contributed by atoms with Crippen LogP contribution in [0.1, 0.15) is 24.0 Å². The van der Waals surface area contributed by atoms with E-state index in [1.807, 2.05) is 4.90 Å². The van der Waals surface area contributed by atoms with Crippen molar-refractivity contribution in [3.05, 3.63) is 29.3 Å². The van der Waals surface area contributed by atoms with Crippen LogP contribution in [0.15, 0.2) is 18.2 Å². The summed E-state index contributed by atoms with van der Waals surface area (Å²) >= 11 is 0. The third-order valence-corrected chi connectivity index (χ3v) is 5.14. The van der Waals surface area contributed by atoms with Gasteiger partial charge >= 0.3 is 0 Å². The van der Waals surface area contributed by atoms with Crippen molar-refractivity contribution < 1.29 is 9.84 Å². The van der Waals surface area contributed by atoms with E-state index < -0.39 is 0 Å². The molecule has 0 saturated carbocycles. The molecule has 2 aliphatic rings. The van der Waals surface area contributed by atoms with Gasteiger partial charge in [-0.2, -0.15) is 0 Å². The summed E-state index contributed by atoms with van der Waals surface area (Å²) < 4.78 is 6.03. The van der Waals surface area contributed by atoms with Crippen LogP contribution in [-0.4, -0.2) is 60.3 Å². The number of guanidine groups is 1. The second-order valence-electron chi connectivity index (χ2n) is 6.81. The summed E-state index contributed by atoms with van der Waals surface area (Å²) in [5, 5.41) is 16.6. The van der Waals surface area contributed by atoms with E-state index in [2.05, 4.69) is 23.1 Å². The van der Waals surface area contributed by atoms with Gasteiger partial charge in [0.1, 0.15) is 5.75 Å². The Kier molecular flexibility index (Phi) is 5.58. The topological polar surface area (TPSA) is 85.8 Å². The zero-order chi connectivity index (χ0) is 16.9. The standard InChI is InChI=1S/C18H28N4O2/c19-18(20)22-8-5-15-1-2-17(11-16(15)12-22)24-13-14-3-6-21(7-4-14)9-10-23/h1-2,11,14,23H,3-10,12-13H2,(H3,19,20). The molecule has 3 rings (SSSR count).